The van der Waals surface area contributed by atoms with Gasteiger partial charge in [-0.15, -0.1) is 0 Å². The van der Waals surface area contributed by atoms with Crippen molar-refractivity contribution in [2.45, 2.75) is 50.4 Å². The van der Waals surface area contributed by atoms with E-state index < -0.39 is 0 Å². The van der Waals surface area contributed by atoms with E-state index in [1.807, 2.05) is 0 Å². The van der Waals surface area contributed by atoms with E-state index in [4.69, 9.17) is 14.2 Å². The Labute approximate surface area is 141 Å². The molecule has 0 spiro atoms. The summed E-state index contributed by atoms with van der Waals surface area (Å²) in [5.74, 6) is 0.688. The molecule has 3 rings (SSSR count). The van der Waals surface area contributed by atoms with Crippen molar-refractivity contribution in [2.75, 3.05) is 60.2 Å². The third kappa shape index (κ3) is 5.13. The van der Waals surface area contributed by atoms with Gasteiger partial charge in [-0.05, 0) is 52.1 Å². The van der Waals surface area contributed by atoms with Crippen molar-refractivity contribution in [3.8, 4) is 0 Å². The number of fused-ring (bicyclic) bond motifs is 1. The van der Waals surface area contributed by atoms with Crippen LogP contribution in [-0.4, -0.2) is 88.2 Å². The SMILES string of the molecule is CN(C)CCN1CC[C@@H]2O[C@H](COCC3CCOCC3)CC[C@@H]21. The van der Waals surface area contributed by atoms with Crippen molar-refractivity contribution in [3.05, 3.63) is 0 Å². The minimum absolute atomic E-state index is 0.310. The van der Waals surface area contributed by atoms with E-state index in [2.05, 4.69) is 23.9 Å². The van der Waals surface area contributed by atoms with Crippen LogP contribution < -0.4 is 0 Å². The van der Waals surface area contributed by atoms with Crippen LogP contribution in [-0.2, 0) is 14.2 Å². The third-order valence-corrected chi connectivity index (χ3v) is 5.58. The standard InChI is InChI=1S/C18H34N2O3/c1-19(2)9-10-20-8-5-18-17(20)4-3-16(23-18)14-22-13-15-6-11-21-12-7-15/h15-18H,3-14H2,1-2H3/t16-,17-,18-/m0/s1. The molecule has 134 valence electrons. The molecule has 0 aromatic rings. The van der Waals surface area contributed by atoms with Crippen LogP contribution in [0.15, 0.2) is 0 Å². The lowest BCUT2D eigenvalue weighted by Crippen LogP contribution is -2.45. The molecule has 0 aromatic carbocycles. The molecule has 0 aliphatic carbocycles. The van der Waals surface area contributed by atoms with Crippen LogP contribution in [0.1, 0.15) is 32.1 Å². The second kappa shape index (κ2) is 8.77. The smallest absolute Gasteiger partial charge is 0.0813 e. The zero-order valence-electron chi connectivity index (χ0n) is 14.9. The lowest BCUT2D eigenvalue weighted by atomic mass is 9.99. The van der Waals surface area contributed by atoms with Gasteiger partial charge < -0.3 is 19.1 Å². The Morgan fingerprint density at radius 1 is 1.04 bits per heavy atom. The lowest BCUT2D eigenvalue weighted by molar-refractivity contribution is -0.105. The number of likely N-dealkylation sites (tertiary alicyclic amines) is 1. The van der Waals surface area contributed by atoms with Gasteiger partial charge in [0.1, 0.15) is 0 Å². The van der Waals surface area contributed by atoms with Gasteiger partial charge in [-0.1, -0.05) is 0 Å². The molecule has 0 saturated carbocycles. The number of likely N-dealkylation sites (N-methyl/N-ethyl adjacent to an activating group) is 1. The minimum Gasteiger partial charge on any atom is -0.381 e. The first-order valence-electron chi connectivity index (χ1n) is 9.42. The van der Waals surface area contributed by atoms with E-state index in [9.17, 15) is 0 Å². The second-order valence-corrected chi connectivity index (χ2v) is 7.66. The van der Waals surface area contributed by atoms with Gasteiger partial charge in [0.05, 0.1) is 18.8 Å². The fourth-order valence-electron chi connectivity index (χ4n) is 4.09. The van der Waals surface area contributed by atoms with E-state index in [0.29, 0.717) is 24.2 Å². The summed E-state index contributed by atoms with van der Waals surface area (Å²) >= 11 is 0. The molecule has 5 heteroatoms. The first-order chi connectivity index (χ1) is 11.2. The van der Waals surface area contributed by atoms with Crippen molar-refractivity contribution in [1.29, 1.82) is 0 Å². The molecular weight excluding hydrogens is 292 g/mol. The van der Waals surface area contributed by atoms with Crippen LogP contribution in [0.2, 0.25) is 0 Å². The summed E-state index contributed by atoms with van der Waals surface area (Å²) in [6.07, 6.45) is 6.65. The van der Waals surface area contributed by atoms with Crippen LogP contribution in [0.25, 0.3) is 0 Å². The zero-order valence-corrected chi connectivity index (χ0v) is 14.9. The van der Waals surface area contributed by atoms with Gasteiger partial charge in [0.2, 0.25) is 0 Å². The molecule has 0 amide bonds. The lowest BCUT2D eigenvalue weighted by Gasteiger charge is -2.36. The Hall–Kier alpha value is -0.200. The molecule has 3 fully saturated rings. The van der Waals surface area contributed by atoms with Gasteiger partial charge in [-0.25, -0.2) is 0 Å². The normalized spacial score (nSPS) is 33.3. The van der Waals surface area contributed by atoms with Crippen LogP contribution in [0, 0.1) is 5.92 Å². The number of nitrogens with zero attached hydrogens (tertiary/aromatic N) is 2. The molecule has 3 aliphatic rings. The average Bonchev–Trinajstić information content (AvgIpc) is 2.96. The Morgan fingerprint density at radius 3 is 2.65 bits per heavy atom. The summed E-state index contributed by atoms with van der Waals surface area (Å²) in [5, 5.41) is 0. The monoisotopic (exact) mass is 326 g/mol. The fraction of sp³-hybridized carbons (Fsp3) is 1.00. The van der Waals surface area contributed by atoms with Gasteiger partial charge in [0.25, 0.3) is 0 Å². The van der Waals surface area contributed by atoms with Crippen LogP contribution >= 0.6 is 0 Å². The van der Waals surface area contributed by atoms with Gasteiger partial charge >= 0.3 is 0 Å². The molecule has 23 heavy (non-hydrogen) atoms. The third-order valence-electron chi connectivity index (χ3n) is 5.58. The Morgan fingerprint density at radius 2 is 1.87 bits per heavy atom. The summed E-state index contributed by atoms with van der Waals surface area (Å²) in [4.78, 5) is 4.90. The highest BCUT2D eigenvalue weighted by atomic mass is 16.5. The van der Waals surface area contributed by atoms with Crippen LogP contribution in [0.3, 0.4) is 0 Å². The highest BCUT2D eigenvalue weighted by Crippen LogP contribution is 2.31. The maximum atomic E-state index is 6.33. The average molecular weight is 326 g/mol. The van der Waals surface area contributed by atoms with Crippen molar-refractivity contribution >= 4 is 0 Å². The number of ether oxygens (including phenoxy) is 3. The Kier molecular flexibility index (Phi) is 6.72. The summed E-state index contributed by atoms with van der Waals surface area (Å²) in [7, 11) is 4.30. The quantitative estimate of drug-likeness (QED) is 0.710. The molecule has 3 atom stereocenters. The van der Waals surface area contributed by atoms with Gasteiger partial charge in [-0.2, -0.15) is 0 Å². The van der Waals surface area contributed by atoms with E-state index in [-0.39, 0.29) is 0 Å². The first-order valence-corrected chi connectivity index (χ1v) is 9.42. The van der Waals surface area contributed by atoms with Gasteiger partial charge in [-0.3, -0.25) is 4.90 Å². The van der Waals surface area contributed by atoms with E-state index in [1.54, 1.807) is 0 Å². The van der Waals surface area contributed by atoms with E-state index in [1.165, 1.54) is 25.9 Å². The summed E-state index contributed by atoms with van der Waals surface area (Å²) < 4.78 is 17.7. The van der Waals surface area contributed by atoms with Crippen molar-refractivity contribution in [3.63, 3.8) is 0 Å². The van der Waals surface area contributed by atoms with Crippen molar-refractivity contribution in [2.24, 2.45) is 5.92 Å². The molecule has 3 aliphatic heterocycles. The molecule has 0 unspecified atom stereocenters. The molecule has 0 bridgehead atoms. The Balaban J connectivity index is 1.34. The van der Waals surface area contributed by atoms with E-state index >= 15 is 0 Å². The first kappa shape index (κ1) is 17.6. The minimum atomic E-state index is 0.310. The summed E-state index contributed by atoms with van der Waals surface area (Å²) in [6.45, 7) is 6.97. The van der Waals surface area contributed by atoms with Gasteiger partial charge in [0.15, 0.2) is 0 Å². The predicted octanol–water partition coefficient (Wildman–Crippen LogP) is 1.61. The molecule has 0 aromatic heterocycles. The summed E-state index contributed by atoms with van der Waals surface area (Å²) in [5.41, 5.74) is 0. The number of rotatable bonds is 7. The topological polar surface area (TPSA) is 34.2 Å². The zero-order chi connectivity index (χ0) is 16.1. The largest absolute Gasteiger partial charge is 0.381 e. The Bertz CT molecular complexity index is 347. The maximum absolute atomic E-state index is 6.33. The molecule has 0 radical (unpaired) electrons. The number of hydrogen-bond acceptors (Lipinski definition) is 5. The molecule has 3 saturated heterocycles. The highest BCUT2D eigenvalue weighted by molar-refractivity contribution is 4.92. The van der Waals surface area contributed by atoms with Crippen molar-refractivity contribution < 1.29 is 14.2 Å². The maximum Gasteiger partial charge on any atom is 0.0813 e. The highest BCUT2D eigenvalue weighted by Gasteiger charge is 2.39. The van der Waals surface area contributed by atoms with Crippen LogP contribution in [0.4, 0.5) is 0 Å². The van der Waals surface area contributed by atoms with Gasteiger partial charge in [0, 0.05) is 45.5 Å². The molecular formula is C18H34N2O3. The second-order valence-electron chi connectivity index (χ2n) is 7.66. The fourth-order valence-corrected chi connectivity index (χ4v) is 4.09. The molecule has 0 N–H and O–H groups in total. The number of hydrogen-bond donors (Lipinski definition) is 0. The van der Waals surface area contributed by atoms with E-state index in [0.717, 1.165) is 52.2 Å². The predicted molar refractivity (Wildman–Crippen MR) is 90.8 cm³/mol. The molecule has 3 heterocycles. The van der Waals surface area contributed by atoms with Crippen molar-refractivity contribution in [1.82, 2.24) is 9.80 Å². The summed E-state index contributed by atoms with van der Waals surface area (Å²) in [6, 6.07) is 0.640. The van der Waals surface area contributed by atoms with Crippen LogP contribution in [0.5, 0.6) is 0 Å². The molecule has 5 nitrogen and oxygen atoms in total.